The van der Waals surface area contributed by atoms with Gasteiger partial charge in [-0.05, 0) is 37.1 Å². The van der Waals surface area contributed by atoms with Gasteiger partial charge in [0.15, 0.2) is 0 Å². The van der Waals surface area contributed by atoms with Crippen LogP contribution in [-0.4, -0.2) is 35.6 Å². The zero-order chi connectivity index (χ0) is 13.9. The maximum Gasteiger partial charge on any atom is 0.573 e. The molecule has 0 aromatic heterocycles. The summed E-state index contributed by atoms with van der Waals surface area (Å²) in [5.74, 6) is -0.206. The number of aliphatic hydroxyl groups is 1. The van der Waals surface area contributed by atoms with Gasteiger partial charge in [0, 0.05) is 13.1 Å². The fourth-order valence-electron chi connectivity index (χ4n) is 2.27. The lowest BCUT2D eigenvalue weighted by atomic mass is 10.1. The van der Waals surface area contributed by atoms with Crippen LogP contribution in [0.15, 0.2) is 24.3 Å². The minimum absolute atomic E-state index is 0.206. The molecule has 1 aromatic rings. The van der Waals surface area contributed by atoms with E-state index in [1.165, 1.54) is 18.2 Å². The van der Waals surface area contributed by atoms with E-state index in [9.17, 15) is 18.3 Å². The number of ether oxygens (including phenoxy) is 1. The summed E-state index contributed by atoms with van der Waals surface area (Å²) in [6, 6.07) is 5.96. The Labute approximate surface area is 109 Å². The average molecular weight is 275 g/mol. The van der Waals surface area contributed by atoms with Crippen molar-refractivity contribution in [3.63, 3.8) is 0 Å². The van der Waals surface area contributed by atoms with Crippen LogP contribution < -0.4 is 4.74 Å². The molecule has 0 radical (unpaired) electrons. The zero-order valence-corrected chi connectivity index (χ0v) is 10.4. The molecular weight excluding hydrogens is 259 g/mol. The van der Waals surface area contributed by atoms with Crippen molar-refractivity contribution < 1.29 is 23.0 Å². The third-order valence-corrected chi connectivity index (χ3v) is 3.02. The van der Waals surface area contributed by atoms with Gasteiger partial charge < -0.3 is 9.84 Å². The number of hydrogen-bond acceptors (Lipinski definition) is 3. The topological polar surface area (TPSA) is 32.7 Å². The van der Waals surface area contributed by atoms with Crippen LogP contribution in [-0.2, 0) is 6.54 Å². The molecule has 6 heteroatoms. The van der Waals surface area contributed by atoms with Gasteiger partial charge in [0.05, 0.1) is 6.10 Å². The number of halogens is 3. The number of aliphatic hydroxyl groups excluding tert-OH is 1. The van der Waals surface area contributed by atoms with Gasteiger partial charge in [0.25, 0.3) is 0 Å². The van der Waals surface area contributed by atoms with Crippen LogP contribution in [0.25, 0.3) is 0 Å². The first-order valence-corrected chi connectivity index (χ1v) is 6.17. The Kier molecular flexibility index (Phi) is 4.31. The summed E-state index contributed by atoms with van der Waals surface area (Å²) in [6.45, 7) is 1.93. The normalized spacial score (nSPS) is 21.4. The van der Waals surface area contributed by atoms with Crippen LogP contribution in [0.2, 0.25) is 0 Å². The second kappa shape index (κ2) is 5.79. The molecule has 1 aliphatic rings. The minimum atomic E-state index is -4.67. The van der Waals surface area contributed by atoms with Gasteiger partial charge >= 0.3 is 6.36 Å². The molecule has 3 nitrogen and oxygen atoms in total. The molecular formula is C13H16F3NO2. The molecule has 1 aliphatic heterocycles. The predicted octanol–water partition coefficient (Wildman–Crippen LogP) is 2.54. The van der Waals surface area contributed by atoms with E-state index in [-0.39, 0.29) is 11.9 Å². The fraction of sp³-hybridized carbons (Fsp3) is 0.538. The lowest BCUT2D eigenvalue weighted by Crippen LogP contribution is -2.37. The quantitative estimate of drug-likeness (QED) is 0.920. The molecule has 1 unspecified atom stereocenters. The first kappa shape index (κ1) is 14.1. The van der Waals surface area contributed by atoms with E-state index in [4.69, 9.17) is 0 Å². The van der Waals surface area contributed by atoms with Crippen LogP contribution >= 0.6 is 0 Å². The molecule has 0 amide bonds. The summed E-state index contributed by atoms with van der Waals surface area (Å²) in [5, 5.41) is 9.55. The molecule has 0 bridgehead atoms. The van der Waals surface area contributed by atoms with Crippen LogP contribution in [0.5, 0.6) is 5.75 Å². The largest absolute Gasteiger partial charge is 0.573 e. The SMILES string of the molecule is OC1CCCN(Cc2cccc(OC(F)(F)F)c2)C1. The number of alkyl halides is 3. The number of likely N-dealkylation sites (tertiary alicyclic amines) is 1. The average Bonchev–Trinajstić information content (AvgIpc) is 2.27. The van der Waals surface area contributed by atoms with Crippen molar-refractivity contribution in [1.29, 1.82) is 0 Å². The minimum Gasteiger partial charge on any atom is -0.406 e. The van der Waals surface area contributed by atoms with Crippen molar-refractivity contribution in [3.05, 3.63) is 29.8 Å². The smallest absolute Gasteiger partial charge is 0.406 e. The zero-order valence-electron chi connectivity index (χ0n) is 10.4. The molecule has 0 spiro atoms. The molecule has 106 valence electrons. The van der Waals surface area contributed by atoms with E-state index in [1.807, 2.05) is 4.90 Å². The molecule has 0 aliphatic carbocycles. The van der Waals surface area contributed by atoms with Gasteiger partial charge in [0.2, 0.25) is 0 Å². The highest BCUT2D eigenvalue weighted by Crippen LogP contribution is 2.24. The second-order valence-electron chi connectivity index (χ2n) is 4.73. The van der Waals surface area contributed by atoms with Gasteiger partial charge in [-0.1, -0.05) is 12.1 Å². The van der Waals surface area contributed by atoms with Gasteiger partial charge in [0.1, 0.15) is 5.75 Å². The van der Waals surface area contributed by atoms with Gasteiger partial charge in [-0.2, -0.15) is 0 Å². The number of hydrogen-bond donors (Lipinski definition) is 1. The van der Waals surface area contributed by atoms with E-state index in [1.54, 1.807) is 6.07 Å². The molecule has 19 heavy (non-hydrogen) atoms. The maximum atomic E-state index is 12.1. The third kappa shape index (κ3) is 4.72. The predicted molar refractivity (Wildman–Crippen MR) is 63.6 cm³/mol. The Balaban J connectivity index is 1.98. The molecule has 1 saturated heterocycles. The molecule has 0 saturated carbocycles. The molecule has 1 heterocycles. The van der Waals surface area contributed by atoms with Crippen molar-refractivity contribution >= 4 is 0 Å². The van der Waals surface area contributed by atoms with Crippen LogP contribution in [0.4, 0.5) is 13.2 Å². The summed E-state index contributed by atoms with van der Waals surface area (Å²) >= 11 is 0. The summed E-state index contributed by atoms with van der Waals surface area (Å²) in [6.07, 6.45) is -3.32. The Morgan fingerprint density at radius 3 is 2.84 bits per heavy atom. The number of nitrogens with zero attached hydrogens (tertiary/aromatic N) is 1. The van der Waals surface area contributed by atoms with E-state index in [2.05, 4.69) is 4.74 Å². The Bertz CT molecular complexity index is 423. The van der Waals surface area contributed by atoms with E-state index in [0.717, 1.165) is 24.9 Å². The van der Waals surface area contributed by atoms with Crippen molar-refractivity contribution in [2.24, 2.45) is 0 Å². The van der Waals surface area contributed by atoms with Crippen molar-refractivity contribution in [3.8, 4) is 5.75 Å². The Morgan fingerprint density at radius 2 is 2.16 bits per heavy atom. The number of piperidine rings is 1. The second-order valence-corrected chi connectivity index (χ2v) is 4.73. The van der Waals surface area contributed by atoms with E-state index >= 15 is 0 Å². The highest BCUT2D eigenvalue weighted by molar-refractivity contribution is 5.28. The first-order chi connectivity index (χ1) is 8.92. The third-order valence-electron chi connectivity index (χ3n) is 3.02. The van der Waals surface area contributed by atoms with Gasteiger partial charge in [-0.15, -0.1) is 13.2 Å². The summed E-state index contributed by atoms with van der Waals surface area (Å²) < 4.78 is 40.2. The summed E-state index contributed by atoms with van der Waals surface area (Å²) in [5.41, 5.74) is 0.746. The Morgan fingerprint density at radius 1 is 1.37 bits per heavy atom. The number of β-amino-alcohol motifs (C(OH)–C–C–N with tert-alkyl or cyclic N) is 1. The van der Waals surface area contributed by atoms with Crippen LogP contribution in [0.3, 0.4) is 0 Å². The standard InChI is InChI=1S/C13H16F3NO2/c14-13(15,16)19-12-5-1-3-10(7-12)8-17-6-2-4-11(18)9-17/h1,3,5,7,11,18H,2,4,6,8-9H2. The monoisotopic (exact) mass is 275 g/mol. The maximum absolute atomic E-state index is 12.1. The molecule has 1 N–H and O–H groups in total. The first-order valence-electron chi connectivity index (χ1n) is 6.17. The van der Waals surface area contributed by atoms with Crippen molar-refractivity contribution in [1.82, 2.24) is 4.90 Å². The van der Waals surface area contributed by atoms with Gasteiger partial charge in [-0.3, -0.25) is 4.90 Å². The fourth-order valence-corrected chi connectivity index (χ4v) is 2.27. The summed E-state index contributed by atoms with van der Waals surface area (Å²) in [7, 11) is 0. The number of benzene rings is 1. The highest BCUT2D eigenvalue weighted by Gasteiger charge is 2.31. The lowest BCUT2D eigenvalue weighted by molar-refractivity contribution is -0.274. The molecule has 1 atom stereocenters. The van der Waals surface area contributed by atoms with Crippen molar-refractivity contribution in [2.75, 3.05) is 13.1 Å². The van der Waals surface area contributed by atoms with E-state index < -0.39 is 6.36 Å². The highest BCUT2D eigenvalue weighted by atomic mass is 19.4. The Hall–Kier alpha value is -1.27. The molecule has 1 fully saturated rings. The molecule has 2 rings (SSSR count). The van der Waals surface area contributed by atoms with E-state index in [0.29, 0.717) is 13.1 Å². The molecule has 1 aromatic carbocycles. The van der Waals surface area contributed by atoms with Crippen LogP contribution in [0, 0.1) is 0 Å². The number of rotatable bonds is 3. The van der Waals surface area contributed by atoms with Gasteiger partial charge in [-0.25, -0.2) is 0 Å². The lowest BCUT2D eigenvalue weighted by Gasteiger charge is -2.30. The van der Waals surface area contributed by atoms with Crippen LogP contribution in [0.1, 0.15) is 18.4 Å². The summed E-state index contributed by atoms with van der Waals surface area (Å²) in [4.78, 5) is 2.03. The van der Waals surface area contributed by atoms with Crippen molar-refractivity contribution in [2.45, 2.75) is 31.9 Å².